The normalized spacial score (nSPS) is 10.9. The molecule has 0 radical (unpaired) electrons. The van der Waals surface area contributed by atoms with Crippen LogP contribution >= 0.6 is 0 Å². The number of carbonyl (C=O) groups is 2. The molecule has 34 heavy (non-hydrogen) atoms. The van der Waals surface area contributed by atoms with Crippen LogP contribution in [0.5, 0.6) is 5.75 Å². The molecule has 0 aliphatic rings. The number of nitro groups is 1. The topological polar surface area (TPSA) is 148 Å². The van der Waals surface area contributed by atoms with Crippen molar-refractivity contribution < 1.29 is 29.1 Å². The van der Waals surface area contributed by atoms with Crippen molar-refractivity contribution in [2.45, 2.75) is 41.5 Å². The first-order valence-corrected chi connectivity index (χ1v) is 10.8. The van der Waals surface area contributed by atoms with Gasteiger partial charge in [0.25, 0.3) is 5.69 Å². The minimum atomic E-state index is -0.568. The van der Waals surface area contributed by atoms with Gasteiger partial charge in [-0.3, -0.25) is 10.1 Å². The van der Waals surface area contributed by atoms with Crippen molar-refractivity contribution in [1.29, 1.82) is 0 Å². The van der Waals surface area contributed by atoms with Gasteiger partial charge in [0.05, 0.1) is 29.5 Å². The minimum absolute atomic E-state index is 0.143. The molecule has 0 bridgehead atoms. The SMILES string of the molecule is CCOC(=O)c1[nH]c(-c2cc([N+](=O)[O-])cc(-c3[nH]c(C(=O)OCC)c(C)c3C)c2O)c(C)c1C. The first kappa shape index (κ1) is 24.6. The molecule has 0 atom stereocenters. The van der Waals surface area contributed by atoms with Gasteiger partial charge in [-0.25, -0.2) is 9.59 Å². The van der Waals surface area contributed by atoms with Crippen LogP contribution in [0.1, 0.15) is 57.1 Å². The number of nitro benzene ring substituents is 1. The van der Waals surface area contributed by atoms with Gasteiger partial charge in [0.15, 0.2) is 0 Å². The Morgan fingerprint density at radius 2 is 1.24 bits per heavy atom. The molecule has 0 saturated heterocycles. The Morgan fingerprint density at radius 1 is 0.853 bits per heavy atom. The maximum absolute atomic E-state index is 12.3. The second kappa shape index (κ2) is 9.42. The number of ether oxygens (including phenoxy) is 2. The van der Waals surface area contributed by atoms with Crippen molar-refractivity contribution in [2.75, 3.05) is 13.2 Å². The van der Waals surface area contributed by atoms with Gasteiger partial charge in [0.2, 0.25) is 0 Å². The fourth-order valence-corrected chi connectivity index (χ4v) is 3.83. The Balaban J connectivity index is 2.28. The molecule has 0 spiro atoms. The molecule has 3 aromatic rings. The third-order valence-electron chi connectivity index (χ3n) is 5.93. The monoisotopic (exact) mass is 469 g/mol. The molecule has 10 nitrogen and oxygen atoms in total. The predicted molar refractivity (Wildman–Crippen MR) is 125 cm³/mol. The van der Waals surface area contributed by atoms with Crippen LogP contribution in [0.4, 0.5) is 5.69 Å². The Labute approximate surface area is 196 Å². The average Bonchev–Trinajstić information content (AvgIpc) is 3.25. The van der Waals surface area contributed by atoms with Crippen molar-refractivity contribution >= 4 is 17.6 Å². The second-order valence-electron chi connectivity index (χ2n) is 7.84. The summed E-state index contributed by atoms with van der Waals surface area (Å²) in [5.41, 5.74) is 3.63. The van der Waals surface area contributed by atoms with Crippen LogP contribution < -0.4 is 0 Å². The largest absolute Gasteiger partial charge is 0.507 e. The minimum Gasteiger partial charge on any atom is -0.507 e. The molecule has 3 rings (SSSR count). The van der Waals surface area contributed by atoms with Crippen LogP contribution in [0.15, 0.2) is 12.1 Å². The number of aromatic amines is 2. The maximum Gasteiger partial charge on any atom is 0.355 e. The van der Waals surface area contributed by atoms with Crippen molar-refractivity contribution in [3.05, 3.63) is 55.9 Å². The van der Waals surface area contributed by atoms with Gasteiger partial charge in [-0.15, -0.1) is 0 Å². The molecule has 0 saturated carbocycles. The summed E-state index contributed by atoms with van der Waals surface area (Å²) in [5, 5.41) is 23.0. The Morgan fingerprint density at radius 3 is 1.56 bits per heavy atom. The first-order chi connectivity index (χ1) is 16.0. The molecule has 180 valence electrons. The molecule has 0 amide bonds. The first-order valence-electron chi connectivity index (χ1n) is 10.8. The highest BCUT2D eigenvalue weighted by molar-refractivity contribution is 5.95. The van der Waals surface area contributed by atoms with Crippen LogP contribution in [-0.2, 0) is 9.47 Å². The lowest BCUT2D eigenvalue weighted by atomic mass is 9.98. The molecule has 2 aromatic heterocycles. The van der Waals surface area contributed by atoms with Gasteiger partial charge in [-0.05, 0) is 63.8 Å². The fourth-order valence-electron chi connectivity index (χ4n) is 3.83. The van der Waals surface area contributed by atoms with E-state index in [1.165, 1.54) is 12.1 Å². The van der Waals surface area contributed by atoms with E-state index in [0.29, 0.717) is 33.6 Å². The molecular weight excluding hydrogens is 442 g/mol. The molecule has 0 aliphatic carbocycles. The number of nitrogens with zero attached hydrogens (tertiary/aromatic N) is 1. The summed E-state index contributed by atoms with van der Waals surface area (Å²) in [6.07, 6.45) is 0. The number of nitrogens with one attached hydrogen (secondary N) is 2. The molecular formula is C24H27N3O7. The summed E-state index contributed by atoms with van der Waals surface area (Å²) < 4.78 is 10.2. The van der Waals surface area contributed by atoms with E-state index in [1.54, 1.807) is 41.5 Å². The maximum atomic E-state index is 12.3. The lowest BCUT2D eigenvalue weighted by molar-refractivity contribution is -0.384. The number of rotatable bonds is 7. The molecule has 0 aliphatic heterocycles. The molecule has 0 unspecified atom stereocenters. The van der Waals surface area contributed by atoms with Gasteiger partial charge in [0.1, 0.15) is 17.1 Å². The highest BCUT2D eigenvalue weighted by atomic mass is 16.6. The van der Waals surface area contributed by atoms with Gasteiger partial charge in [-0.1, -0.05) is 0 Å². The lowest BCUT2D eigenvalue weighted by Crippen LogP contribution is -2.06. The standard InChI is InChI=1S/C24H27N3O7/c1-7-33-23(29)20-13(5)11(3)18(25-20)16-9-15(27(31)32)10-17(22(16)28)19-12(4)14(6)21(26-19)24(30)34-8-2/h9-10,25-26,28H,7-8H2,1-6H3. The van der Waals surface area contributed by atoms with E-state index in [1.807, 2.05) is 0 Å². The Bertz CT molecular complexity index is 1210. The number of esters is 2. The molecule has 10 heteroatoms. The summed E-state index contributed by atoms with van der Waals surface area (Å²) >= 11 is 0. The van der Waals surface area contributed by atoms with Crippen LogP contribution in [0.25, 0.3) is 22.5 Å². The number of phenols is 1. The number of phenolic OH excluding ortho intramolecular Hbond substituents is 1. The number of hydrogen-bond acceptors (Lipinski definition) is 7. The highest BCUT2D eigenvalue weighted by Gasteiger charge is 2.27. The van der Waals surface area contributed by atoms with E-state index >= 15 is 0 Å². The van der Waals surface area contributed by atoms with E-state index in [9.17, 15) is 24.8 Å². The molecule has 2 heterocycles. The van der Waals surface area contributed by atoms with Crippen LogP contribution in [0, 0.1) is 37.8 Å². The highest BCUT2D eigenvalue weighted by Crippen LogP contribution is 2.44. The number of hydrogen-bond donors (Lipinski definition) is 3. The summed E-state index contributed by atoms with van der Waals surface area (Å²) in [5.74, 6) is -1.37. The molecule has 1 aromatic carbocycles. The van der Waals surface area contributed by atoms with Crippen molar-refractivity contribution in [3.8, 4) is 28.3 Å². The second-order valence-corrected chi connectivity index (χ2v) is 7.84. The smallest absolute Gasteiger partial charge is 0.355 e. The zero-order valence-corrected chi connectivity index (χ0v) is 19.9. The summed E-state index contributed by atoms with van der Waals surface area (Å²) in [4.78, 5) is 41.8. The number of H-pyrrole nitrogens is 2. The van der Waals surface area contributed by atoms with E-state index in [0.717, 1.165) is 0 Å². The lowest BCUT2D eigenvalue weighted by Gasteiger charge is -2.11. The number of aromatic hydroxyl groups is 1. The van der Waals surface area contributed by atoms with Crippen molar-refractivity contribution in [1.82, 2.24) is 9.97 Å². The zero-order valence-electron chi connectivity index (χ0n) is 19.9. The fraction of sp³-hybridized carbons (Fsp3) is 0.333. The predicted octanol–water partition coefficient (Wildman–Crippen LogP) is 4.88. The van der Waals surface area contributed by atoms with Gasteiger partial charge < -0.3 is 24.5 Å². The third-order valence-corrected chi connectivity index (χ3v) is 5.93. The van der Waals surface area contributed by atoms with Gasteiger partial charge in [0, 0.05) is 23.3 Å². The van der Waals surface area contributed by atoms with Crippen LogP contribution in [-0.4, -0.2) is 45.2 Å². The Kier molecular flexibility index (Phi) is 6.80. The molecule has 3 N–H and O–H groups in total. The van der Waals surface area contributed by atoms with Gasteiger partial charge in [-0.2, -0.15) is 0 Å². The number of aromatic nitrogens is 2. The van der Waals surface area contributed by atoms with Crippen molar-refractivity contribution in [2.24, 2.45) is 0 Å². The van der Waals surface area contributed by atoms with Gasteiger partial charge >= 0.3 is 11.9 Å². The van der Waals surface area contributed by atoms with E-state index in [-0.39, 0.29) is 47.2 Å². The third kappa shape index (κ3) is 4.14. The van der Waals surface area contributed by atoms with Crippen LogP contribution in [0.2, 0.25) is 0 Å². The van der Waals surface area contributed by atoms with Crippen molar-refractivity contribution in [3.63, 3.8) is 0 Å². The van der Waals surface area contributed by atoms with E-state index < -0.39 is 16.9 Å². The summed E-state index contributed by atoms with van der Waals surface area (Å²) in [6.45, 7) is 10.7. The summed E-state index contributed by atoms with van der Waals surface area (Å²) in [7, 11) is 0. The zero-order chi connectivity index (χ0) is 25.3. The number of benzene rings is 1. The summed E-state index contributed by atoms with van der Waals surface area (Å²) in [6, 6.07) is 2.48. The van der Waals surface area contributed by atoms with E-state index in [2.05, 4.69) is 9.97 Å². The van der Waals surface area contributed by atoms with Crippen LogP contribution in [0.3, 0.4) is 0 Å². The number of carbonyl (C=O) groups excluding carboxylic acids is 2. The Hall–Kier alpha value is -4.08. The average molecular weight is 469 g/mol. The van der Waals surface area contributed by atoms with E-state index in [4.69, 9.17) is 9.47 Å². The molecule has 0 fully saturated rings. The number of non-ortho nitro benzene ring substituents is 1. The quantitative estimate of drug-likeness (QED) is 0.254.